The second kappa shape index (κ2) is 11.7. The lowest BCUT2D eigenvalue weighted by molar-refractivity contribution is -0.137. The maximum absolute atomic E-state index is 14.0. The van der Waals surface area contributed by atoms with E-state index < -0.39 is 18.6 Å². The van der Waals surface area contributed by atoms with Crippen molar-refractivity contribution in [1.29, 1.82) is 0 Å². The first-order valence-corrected chi connectivity index (χ1v) is 9.86. The highest BCUT2D eigenvalue weighted by Crippen LogP contribution is 2.29. The monoisotopic (exact) mass is 410 g/mol. The standard InChI is InChI=1S/C24H27FN2O3/c1-4-6-8-20-16-26-23(18-10-13-21(30-3)14-11-18)24(27-20)17(7-5-2)9-12-19(25)15-22(28)29/h5,7,9-14,16,19H,2,4,6,8,15H2,1,3H3,(H,28,29)/b12-9?,17-7+. The summed E-state index contributed by atoms with van der Waals surface area (Å²) in [6, 6.07) is 7.44. The Morgan fingerprint density at radius 2 is 2.07 bits per heavy atom. The van der Waals surface area contributed by atoms with Crippen molar-refractivity contribution >= 4 is 11.5 Å². The van der Waals surface area contributed by atoms with Crippen LogP contribution in [0, 0.1) is 0 Å². The molecular formula is C24H27FN2O3. The van der Waals surface area contributed by atoms with Crippen LogP contribution in [0.15, 0.2) is 61.3 Å². The first-order valence-electron chi connectivity index (χ1n) is 9.86. The molecule has 0 saturated heterocycles. The highest BCUT2D eigenvalue weighted by Gasteiger charge is 2.14. The zero-order valence-corrected chi connectivity index (χ0v) is 17.3. The van der Waals surface area contributed by atoms with E-state index >= 15 is 0 Å². The molecule has 158 valence electrons. The molecule has 1 heterocycles. The number of hydrogen-bond acceptors (Lipinski definition) is 4. The number of methoxy groups -OCH3 is 1. The Bertz CT molecular complexity index is 921. The molecule has 1 N–H and O–H groups in total. The molecule has 1 unspecified atom stereocenters. The van der Waals surface area contributed by atoms with Crippen molar-refractivity contribution in [3.8, 4) is 17.0 Å². The van der Waals surface area contributed by atoms with Gasteiger partial charge in [0.1, 0.15) is 11.9 Å². The van der Waals surface area contributed by atoms with Crippen LogP contribution in [0.2, 0.25) is 0 Å². The minimum Gasteiger partial charge on any atom is -0.497 e. The molecule has 0 amide bonds. The highest BCUT2D eigenvalue weighted by molar-refractivity contribution is 5.82. The summed E-state index contributed by atoms with van der Waals surface area (Å²) in [5, 5.41) is 8.79. The second-order valence-corrected chi connectivity index (χ2v) is 6.72. The fourth-order valence-corrected chi connectivity index (χ4v) is 2.85. The molecule has 1 atom stereocenters. The molecule has 5 nitrogen and oxygen atoms in total. The number of aryl methyl sites for hydroxylation is 1. The van der Waals surface area contributed by atoms with Crippen LogP contribution in [0.4, 0.5) is 4.39 Å². The number of halogens is 1. The maximum Gasteiger partial charge on any atom is 0.306 e. The van der Waals surface area contributed by atoms with Crippen molar-refractivity contribution in [3.63, 3.8) is 0 Å². The Morgan fingerprint density at radius 1 is 1.33 bits per heavy atom. The molecule has 1 aromatic carbocycles. The minimum atomic E-state index is -1.60. The number of nitrogens with zero attached hydrogens (tertiary/aromatic N) is 2. The van der Waals surface area contributed by atoms with Crippen LogP contribution in [-0.2, 0) is 11.2 Å². The van der Waals surface area contributed by atoms with Gasteiger partial charge in [-0.25, -0.2) is 9.37 Å². The Labute approximate surface area is 176 Å². The van der Waals surface area contributed by atoms with E-state index in [-0.39, 0.29) is 0 Å². The zero-order valence-electron chi connectivity index (χ0n) is 17.3. The van der Waals surface area contributed by atoms with Crippen LogP contribution in [0.5, 0.6) is 5.75 Å². The number of carbonyl (C=O) groups is 1. The van der Waals surface area contributed by atoms with Crippen LogP contribution < -0.4 is 4.74 Å². The Balaban J connectivity index is 2.52. The first-order chi connectivity index (χ1) is 14.5. The van der Waals surface area contributed by atoms with Gasteiger partial charge in [0, 0.05) is 17.3 Å². The van der Waals surface area contributed by atoms with Crippen molar-refractivity contribution in [1.82, 2.24) is 9.97 Å². The molecule has 0 bridgehead atoms. The summed E-state index contributed by atoms with van der Waals surface area (Å²) in [6.07, 6.45) is 8.43. The number of hydrogen-bond donors (Lipinski definition) is 1. The third-order valence-electron chi connectivity index (χ3n) is 4.40. The van der Waals surface area contributed by atoms with Crippen LogP contribution in [-0.4, -0.2) is 34.3 Å². The van der Waals surface area contributed by atoms with Gasteiger partial charge in [-0.05, 0) is 43.2 Å². The molecule has 0 radical (unpaired) electrons. The van der Waals surface area contributed by atoms with E-state index in [0.717, 1.165) is 36.3 Å². The SMILES string of the molecule is C=C/C=C(\C=CC(F)CC(=O)O)c1nc(CCCC)cnc1-c1ccc(OC)cc1. The molecule has 0 saturated carbocycles. The van der Waals surface area contributed by atoms with Crippen molar-refractivity contribution in [2.45, 2.75) is 38.8 Å². The lowest BCUT2D eigenvalue weighted by Crippen LogP contribution is -2.05. The number of aliphatic carboxylic acids is 1. The highest BCUT2D eigenvalue weighted by atomic mass is 19.1. The number of ether oxygens (including phenoxy) is 1. The Kier molecular flexibility index (Phi) is 8.94. The number of rotatable bonds is 11. The molecule has 0 aliphatic rings. The molecule has 0 spiro atoms. The quantitative estimate of drug-likeness (QED) is 0.500. The number of allylic oxidation sites excluding steroid dienone is 5. The van der Waals surface area contributed by atoms with Crippen LogP contribution >= 0.6 is 0 Å². The van der Waals surface area contributed by atoms with Gasteiger partial charge in [0.15, 0.2) is 0 Å². The topological polar surface area (TPSA) is 72.3 Å². The number of alkyl halides is 1. The third kappa shape index (κ3) is 6.65. The van der Waals surface area contributed by atoms with E-state index in [2.05, 4.69) is 18.5 Å². The predicted octanol–water partition coefficient (Wildman–Crippen LogP) is 5.43. The third-order valence-corrected chi connectivity index (χ3v) is 4.40. The summed E-state index contributed by atoms with van der Waals surface area (Å²) in [5.41, 5.74) is 3.52. The van der Waals surface area contributed by atoms with Gasteiger partial charge in [0.05, 0.1) is 30.6 Å². The summed E-state index contributed by atoms with van der Waals surface area (Å²) >= 11 is 0. The lowest BCUT2D eigenvalue weighted by atomic mass is 10.0. The average Bonchev–Trinajstić information content (AvgIpc) is 2.74. The number of aromatic nitrogens is 2. The summed E-state index contributed by atoms with van der Waals surface area (Å²) in [4.78, 5) is 20.2. The van der Waals surface area contributed by atoms with Crippen molar-refractivity contribution in [2.24, 2.45) is 0 Å². The molecule has 0 aliphatic heterocycles. The molecule has 2 rings (SSSR count). The fraction of sp³-hybridized carbons (Fsp3) is 0.292. The van der Waals surface area contributed by atoms with Gasteiger partial charge in [-0.3, -0.25) is 9.78 Å². The normalized spacial score (nSPS) is 12.7. The smallest absolute Gasteiger partial charge is 0.306 e. The summed E-state index contributed by atoms with van der Waals surface area (Å²) in [5.74, 6) is -0.467. The van der Waals surface area contributed by atoms with E-state index in [0.29, 0.717) is 17.0 Å². The van der Waals surface area contributed by atoms with Gasteiger partial charge in [-0.15, -0.1) is 0 Å². The largest absolute Gasteiger partial charge is 0.497 e. The summed E-state index contributed by atoms with van der Waals surface area (Å²) in [6.45, 7) is 5.84. The average molecular weight is 410 g/mol. The zero-order chi connectivity index (χ0) is 21.9. The summed E-state index contributed by atoms with van der Waals surface area (Å²) < 4.78 is 19.2. The van der Waals surface area contributed by atoms with Crippen LogP contribution in [0.3, 0.4) is 0 Å². The van der Waals surface area contributed by atoms with Gasteiger partial charge in [-0.1, -0.05) is 38.2 Å². The predicted molar refractivity (Wildman–Crippen MR) is 117 cm³/mol. The van der Waals surface area contributed by atoms with Crippen molar-refractivity contribution < 1.29 is 19.0 Å². The number of carboxylic acid groups (broad SMARTS) is 1. The lowest BCUT2D eigenvalue weighted by Gasteiger charge is -2.12. The molecule has 6 heteroatoms. The van der Waals surface area contributed by atoms with Gasteiger partial charge >= 0.3 is 5.97 Å². The van der Waals surface area contributed by atoms with Crippen LogP contribution in [0.25, 0.3) is 16.8 Å². The number of benzene rings is 1. The van der Waals surface area contributed by atoms with Gasteiger partial charge in [-0.2, -0.15) is 0 Å². The van der Waals surface area contributed by atoms with Gasteiger partial charge in [0.25, 0.3) is 0 Å². The summed E-state index contributed by atoms with van der Waals surface area (Å²) in [7, 11) is 1.60. The van der Waals surface area contributed by atoms with Gasteiger partial charge < -0.3 is 9.84 Å². The molecule has 2 aromatic rings. The van der Waals surface area contributed by atoms with Crippen LogP contribution in [0.1, 0.15) is 37.6 Å². The second-order valence-electron chi connectivity index (χ2n) is 6.72. The van der Waals surface area contributed by atoms with E-state index in [1.807, 2.05) is 24.3 Å². The van der Waals surface area contributed by atoms with Gasteiger partial charge in [0.2, 0.25) is 0 Å². The molecule has 0 fully saturated rings. The van der Waals surface area contributed by atoms with E-state index in [4.69, 9.17) is 14.8 Å². The molecule has 30 heavy (non-hydrogen) atoms. The van der Waals surface area contributed by atoms with E-state index in [9.17, 15) is 9.18 Å². The van der Waals surface area contributed by atoms with Crippen molar-refractivity contribution in [2.75, 3.05) is 7.11 Å². The minimum absolute atomic E-state index is 0.590. The Morgan fingerprint density at radius 3 is 2.67 bits per heavy atom. The fourth-order valence-electron chi connectivity index (χ4n) is 2.85. The van der Waals surface area contributed by atoms with Crippen molar-refractivity contribution in [3.05, 3.63) is 72.7 Å². The molecule has 1 aromatic heterocycles. The molecule has 0 aliphatic carbocycles. The number of carboxylic acids is 1. The maximum atomic E-state index is 14.0. The number of unbranched alkanes of at least 4 members (excludes halogenated alkanes) is 1. The van der Waals surface area contributed by atoms with E-state index in [1.54, 1.807) is 25.5 Å². The molecular weight excluding hydrogens is 383 g/mol. The van der Waals surface area contributed by atoms with E-state index in [1.165, 1.54) is 12.2 Å². The Hall–Kier alpha value is -3.28. The first kappa shape index (κ1) is 23.0.